The molecule has 0 bridgehead atoms. The standard InChI is InChI=1S/C19H19N7O3/c1-29-18-12(9-20)10-21-19(24-18)23-13-4-2-5-14(8-13)25-16-6-3-7-17(26(27)28)15(16)11-22-25/h3,6-7,10-11,13-14H,2,4-5,8H2,1H3,(H,21,23,24)/t13-,14+/m1/s1. The molecule has 1 aromatic carbocycles. The first-order chi connectivity index (χ1) is 14.1. The number of nitrogens with zero attached hydrogens (tertiary/aromatic N) is 6. The number of benzene rings is 1. The molecule has 10 heteroatoms. The lowest BCUT2D eigenvalue weighted by Crippen LogP contribution is -2.30. The van der Waals surface area contributed by atoms with E-state index in [4.69, 9.17) is 10.00 Å². The SMILES string of the molecule is COc1nc(N[C@@H]2CCC[C@H](n3ncc4c([N+](=O)[O-])cccc43)C2)ncc1C#N. The first-order valence-corrected chi connectivity index (χ1v) is 9.29. The van der Waals surface area contributed by atoms with Crippen LogP contribution in [0.5, 0.6) is 5.88 Å². The molecule has 0 unspecified atom stereocenters. The van der Waals surface area contributed by atoms with E-state index < -0.39 is 0 Å². The number of nitro groups is 1. The highest BCUT2D eigenvalue weighted by Crippen LogP contribution is 2.34. The second kappa shape index (κ2) is 7.71. The Bertz CT molecular complexity index is 1100. The zero-order valence-corrected chi connectivity index (χ0v) is 15.8. The Morgan fingerprint density at radius 3 is 3.00 bits per heavy atom. The molecule has 1 N–H and O–H groups in total. The maximum atomic E-state index is 11.3. The molecule has 3 aromatic rings. The molecule has 2 aromatic heterocycles. The van der Waals surface area contributed by atoms with Crippen molar-refractivity contribution in [3.8, 4) is 11.9 Å². The third-order valence-electron chi connectivity index (χ3n) is 5.21. The Balaban J connectivity index is 1.55. The van der Waals surface area contributed by atoms with Crippen LogP contribution in [0.3, 0.4) is 0 Å². The van der Waals surface area contributed by atoms with E-state index in [1.807, 2.05) is 16.8 Å². The summed E-state index contributed by atoms with van der Waals surface area (Å²) in [6.45, 7) is 0. The number of nitro benzene ring substituents is 1. The van der Waals surface area contributed by atoms with Crippen LogP contribution in [0, 0.1) is 21.4 Å². The molecule has 0 spiro atoms. The van der Waals surface area contributed by atoms with Crippen molar-refractivity contribution in [3.05, 3.63) is 46.3 Å². The van der Waals surface area contributed by atoms with Gasteiger partial charge in [0, 0.05) is 12.1 Å². The average Bonchev–Trinajstić information content (AvgIpc) is 3.18. The van der Waals surface area contributed by atoms with Crippen molar-refractivity contribution in [2.24, 2.45) is 0 Å². The first kappa shape index (κ1) is 18.6. The number of aromatic nitrogens is 4. The Hall–Kier alpha value is -3.74. The molecule has 4 rings (SSSR count). The summed E-state index contributed by atoms with van der Waals surface area (Å²) in [5, 5.41) is 28.6. The molecule has 0 radical (unpaired) electrons. The molecule has 148 valence electrons. The fraction of sp³-hybridized carbons (Fsp3) is 0.368. The summed E-state index contributed by atoms with van der Waals surface area (Å²) in [6.07, 6.45) is 6.65. The number of fused-ring (bicyclic) bond motifs is 1. The van der Waals surface area contributed by atoms with Crippen LogP contribution in [0.4, 0.5) is 11.6 Å². The van der Waals surface area contributed by atoms with Gasteiger partial charge in [-0.05, 0) is 31.7 Å². The van der Waals surface area contributed by atoms with Crippen LogP contribution in [-0.2, 0) is 0 Å². The van der Waals surface area contributed by atoms with Crippen LogP contribution >= 0.6 is 0 Å². The second-order valence-corrected chi connectivity index (χ2v) is 6.95. The zero-order valence-electron chi connectivity index (χ0n) is 15.8. The van der Waals surface area contributed by atoms with Gasteiger partial charge in [0.25, 0.3) is 5.69 Å². The summed E-state index contributed by atoms with van der Waals surface area (Å²) >= 11 is 0. The van der Waals surface area contributed by atoms with Crippen LogP contribution in [0.25, 0.3) is 10.9 Å². The van der Waals surface area contributed by atoms with Gasteiger partial charge in [-0.15, -0.1) is 0 Å². The van der Waals surface area contributed by atoms with Gasteiger partial charge in [0.1, 0.15) is 11.6 Å². The first-order valence-electron chi connectivity index (χ1n) is 9.29. The largest absolute Gasteiger partial charge is 0.480 e. The Kier molecular flexibility index (Phi) is 4.95. The Morgan fingerprint density at radius 2 is 2.24 bits per heavy atom. The number of methoxy groups -OCH3 is 1. The van der Waals surface area contributed by atoms with Gasteiger partial charge in [-0.2, -0.15) is 15.3 Å². The normalized spacial score (nSPS) is 18.9. The molecule has 29 heavy (non-hydrogen) atoms. The number of nitrogens with one attached hydrogen (secondary N) is 1. The molecular formula is C19H19N7O3. The number of hydrogen-bond acceptors (Lipinski definition) is 8. The topological polar surface area (TPSA) is 132 Å². The van der Waals surface area contributed by atoms with Crippen molar-refractivity contribution in [1.82, 2.24) is 19.7 Å². The van der Waals surface area contributed by atoms with Gasteiger partial charge in [0.15, 0.2) is 0 Å². The predicted molar refractivity (Wildman–Crippen MR) is 105 cm³/mol. The molecule has 0 saturated heterocycles. The predicted octanol–water partition coefficient (Wildman–Crippen LogP) is 3.21. The van der Waals surface area contributed by atoms with Crippen molar-refractivity contribution in [2.45, 2.75) is 37.8 Å². The molecule has 0 amide bonds. The summed E-state index contributed by atoms with van der Waals surface area (Å²) in [5.74, 6) is 0.648. The number of ether oxygens (including phenoxy) is 1. The van der Waals surface area contributed by atoms with Crippen molar-refractivity contribution >= 4 is 22.5 Å². The van der Waals surface area contributed by atoms with Crippen molar-refractivity contribution in [3.63, 3.8) is 0 Å². The quantitative estimate of drug-likeness (QED) is 0.516. The van der Waals surface area contributed by atoms with E-state index in [9.17, 15) is 10.1 Å². The van der Waals surface area contributed by atoms with Crippen LogP contribution in [0.1, 0.15) is 37.3 Å². The van der Waals surface area contributed by atoms with Crippen LogP contribution in [-0.4, -0.2) is 37.8 Å². The van der Waals surface area contributed by atoms with Gasteiger partial charge in [-0.3, -0.25) is 14.8 Å². The molecule has 1 aliphatic carbocycles. The van der Waals surface area contributed by atoms with Gasteiger partial charge in [0.05, 0.1) is 41.4 Å². The third-order valence-corrected chi connectivity index (χ3v) is 5.21. The second-order valence-electron chi connectivity index (χ2n) is 6.95. The highest BCUT2D eigenvalue weighted by molar-refractivity contribution is 5.87. The maximum Gasteiger partial charge on any atom is 0.280 e. The Morgan fingerprint density at radius 1 is 1.38 bits per heavy atom. The molecule has 2 heterocycles. The molecule has 1 fully saturated rings. The molecule has 10 nitrogen and oxygen atoms in total. The number of rotatable bonds is 5. The lowest BCUT2D eigenvalue weighted by molar-refractivity contribution is -0.383. The monoisotopic (exact) mass is 393 g/mol. The fourth-order valence-corrected chi connectivity index (χ4v) is 3.87. The molecular weight excluding hydrogens is 374 g/mol. The minimum Gasteiger partial charge on any atom is -0.480 e. The zero-order chi connectivity index (χ0) is 20.4. The summed E-state index contributed by atoms with van der Waals surface area (Å²) < 4.78 is 7.03. The van der Waals surface area contributed by atoms with Gasteiger partial charge in [-0.1, -0.05) is 6.07 Å². The minimum atomic E-state index is -0.380. The summed E-state index contributed by atoms with van der Waals surface area (Å²) in [5.41, 5.74) is 1.11. The third kappa shape index (κ3) is 3.54. The lowest BCUT2D eigenvalue weighted by Gasteiger charge is -2.30. The van der Waals surface area contributed by atoms with E-state index in [-0.39, 0.29) is 34.1 Å². The summed E-state index contributed by atoms with van der Waals surface area (Å²) in [7, 11) is 1.46. The molecule has 1 saturated carbocycles. The highest BCUT2D eigenvalue weighted by atomic mass is 16.6. The summed E-state index contributed by atoms with van der Waals surface area (Å²) in [4.78, 5) is 19.3. The van der Waals surface area contributed by atoms with Crippen molar-refractivity contribution < 1.29 is 9.66 Å². The van der Waals surface area contributed by atoms with Crippen LogP contribution in [0.15, 0.2) is 30.6 Å². The van der Waals surface area contributed by atoms with Crippen molar-refractivity contribution in [1.29, 1.82) is 5.26 Å². The lowest BCUT2D eigenvalue weighted by atomic mass is 9.91. The van der Waals surface area contributed by atoms with Gasteiger partial charge in [0.2, 0.25) is 11.8 Å². The van der Waals surface area contributed by atoms with Gasteiger partial charge in [-0.25, -0.2) is 4.98 Å². The minimum absolute atomic E-state index is 0.0670. The molecule has 2 atom stereocenters. The number of anilines is 1. The summed E-state index contributed by atoms with van der Waals surface area (Å²) in [6, 6.07) is 7.27. The fourth-order valence-electron chi connectivity index (χ4n) is 3.87. The van der Waals surface area contributed by atoms with E-state index in [1.54, 1.807) is 12.3 Å². The number of hydrogen-bond donors (Lipinski definition) is 1. The van der Waals surface area contributed by atoms with E-state index in [0.717, 1.165) is 31.2 Å². The van der Waals surface area contributed by atoms with Gasteiger partial charge >= 0.3 is 0 Å². The molecule has 0 aliphatic heterocycles. The molecule has 1 aliphatic rings. The van der Waals surface area contributed by atoms with Gasteiger partial charge < -0.3 is 10.1 Å². The number of non-ortho nitro benzene ring substituents is 1. The highest BCUT2D eigenvalue weighted by Gasteiger charge is 2.27. The average molecular weight is 393 g/mol. The number of nitriles is 1. The van der Waals surface area contributed by atoms with Crippen LogP contribution < -0.4 is 10.1 Å². The van der Waals surface area contributed by atoms with Crippen molar-refractivity contribution in [2.75, 3.05) is 12.4 Å². The van der Waals surface area contributed by atoms with E-state index >= 15 is 0 Å². The van der Waals surface area contributed by atoms with E-state index in [0.29, 0.717) is 11.3 Å². The smallest absolute Gasteiger partial charge is 0.280 e. The van der Waals surface area contributed by atoms with Crippen LogP contribution in [0.2, 0.25) is 0 Å². The maximum absolute atomic E-state index is 11.3. The Labute approximate surface area is 166 Å². The van der Waals surface area contributed by atoms with E-state index in [2.05, 4.69) is 20.4 Å². The van der Waals surface area contributed by atoms with E-state index in [1.165, 1.54) is 19.4 Å².